The molecule has 2 fully saturated rings. The molecule has 0 atom stereocenters. The van der Waals surface area contributed by atoms with Gasteiger partial charge in [-0.15, -0.1) is 0 Å². The summed E-state index contributed by atoms with van der Waals surface area (Å²) in [6, 6.07) is 0. The van der Waals surface area contributed by atoms with Crippen molar-refractivity contribution < 1.29 is 4.79 Å². The summed E-state index contributed by atoms with van der Waals surface area (Å²) in [5.41, 5.74) is 0. The molecule has 17 heavy (non-hydrogen) atoms. The summed E-state index contributed by atoms with van der Waals surface area (Å²) >= 11 is 0. The molecule has 2 aliphatic rings. The third-order valence-corrected chi connectivity index (χ3v) is 4.31. The van der Waals surface area contributed by atoms with Crippen molar-refractivity contribution in [3.63, 3.8) is 0 Å². The minimum Gasteiger partial charge on any atom is -0.343 e. The predicted octanol–water partition coefficient (Wildman–Crippen LogP) is 2.12. The predicted molar refractivity (Wildman–Crippen MR) is 69.9 cm³/mol. The van der Waals surface area contributed by atoms with E-state index in [0.717, 1.165) is 31.8 Å². The molecule has 2 rings (SSSR count). The molecule has 0 aromatic carbocycles. The second-order valence-corrected chi connectivity index (χ2v) is 5.73. The smallest absolute Gasteiger partial charge is 0.222 e. The number of nitrogens with zero attached hydrogens (tertiary/aromatic N) is 2. The number of carbonyl (C=O) groups is 1. The zero-order chi connectivity index (χ0) is 12.1. The van der Waals surface area contributed by atoms with Gasteiger partial charge in [-0.1, -0.05) is 0 Å². The van der Waals surface area contributed by atoms with E-state index >= 15 is 0 Å². The number of rotatable bonds is 3. The molecule has 0 unspecified atom stereocenters. The first-order valence-electron chi connectivity index (χ1n) is 7.22. The lowest BCUT2D eigenvalue weighted by atomic mass is 9.92. The molecule has 98 valence electrons. The molecule has 0 aromatic heterocycles. The normalized spacial score (nSPS) is 23.9. The monoisotopic (exact) mass is 238 g/mol. The highest BCUT2D eigenvalue weighted by molar-refractivity contribution is 5.76. The van der Waals surface area contributed by atoms with Gasteiger partial charge in [0, 0.05) is 19.5 Å². The summed E-state index contributed by atoms with van der Waals surface area (Å²) in [7, 11) is 2.19. The maximum absolute atomic E-state index is 12.0. The van der Waals surface area contributed by atoms with Gasteiger partial charge in [-0.25, -0.2) is 0 Å². The van der Waals surface area contributed by atoms with Crippen LogP contribution >= 0.6 is 0 Å². The van der Waals surface area contributed by atoms with E-state index < -0.39 is 0 Å². The van der Waals surface area contributed by atoms with Gasteiger partial charge in [-0.05, 0) is 64.6 Å². The molecule has 2 heterocycles. The SMILES string of the molecule is CN1CCC(CCC(=O)N2CCCCC2)CC1. The Morgan fingerprint density at radius 3 is 2.35 bits per heavy atom. The molecule has 0 N–H and O–H groups in total. The lowest BCUT2D eigenvalue weighted by molar-refractivity contribution is -0.132. The third-order valence-electron chi connectivity index (χ3n) is 4.31. The van der Waals surface area contributed by atoms with Crippen molar-refractivity contribution in [2.75, 3.05) is 33.2 Å². The maximum atomic E-state index is 12.0. The molecule has 0 saturated carbocycles. The molecule has 0 spiro atoms. The molecule has 0 bridgehead atoms. The zero-order valence-corrected chi connectivity index (χ0v) is 11.2. The largest absolute Gasteiger partial charge is 0.343 e. The highest BCUT2D eigenvalue weighted by atomic mass is 16.2. The fourth-order valence-corrected chi connectivity index (χ4v) is 2.98. The van der Waals surface area contributed by atoms with Crippen LogP contribution in [0.15, 0.2) is 0 Å². The van der Waals surface area contributed by atoms with Gasteiger partial charge < -0.3 is 9.80 Å². The molecular weight excluding hydrogens is 212 g/mol. The van der Waals surface area contributed by atoms with Crippen molar-refractivity contribution in [2.45, 2.75) is 44.9 Å². The van der Waals surface area contributed by atoms with E-state index in [1.54, 1.807) is 0 Å². The van der Waals surface area contributed by atoms with Crippen LogP contribution in [0.3, 0.4) is 0 Å². The number of piperidine rings is 2. The minimum atomic E-state index is 0.406. The lowest BCUT2D eigenvalue weighted by Gasteiger charge is -2.30. The van der Waals surface area contributed by atoms with Crippen LogP contribution in [0.25, 0.3) is 0 Å². The van der Waals surface area contributed by atoms with Gasteiger partial charge in [-0.2, -0.15) is 0 Å². The van der Waals surface area contributed by atoms with Crippen molar-refractivity contribution in [1.29, 1.82) is 0 Å². The van der Waals surface area contributed by atoms with Crippen LogP contribution in [0.1, 0.15) is 44.9 Å². The van der Waals surface area contributed by atoms with E-state index in [0.29, 0.717) is 5.91 Å². The Balaban J connectivity index is 1.65. The number of likely N-dealkylation sites (tertiary alicyclic amines) is 2. The fourth-order valence-electron chi connectivity index (χ4n) is 2.98. The van der Waals surface area contributed by atoms with Crippen LogP contribution in [0.4, 0.5) is 0 Å². The van der Waals surface area contributed by atoms with Gasteiger partial charge in [0.15, 0.2) is 0 Å². The summed E-state index contributed by atoms with van der Waals surface area (Å²) in [6.07, 6.45) is 8.18. The van der Waals surface area contributed by atoms with Crippen molar-refractivity contribution in [3.05, 3.63) is 0 Å². The molecule has 2 aliphatic heterocycles. The Morgan fingerprint density at radius 2 is 1.71 bits per heavy atom. The maximum Gasteiger partial charge on any atom is 0.222 e. The quantitative estimate of drug-likeness (QED) is 0.752. The standard InChI is InChI=1S/C14H26N2O/c1-15-11-7-13(8-12-15)5-6-14(17)16-9-3-2-4-10-16/h13H,2-12H2,1H3. The first-order valence-corrected chi connectivity index (χ1v) is 7.22. The Bertz CT molecular complexity index is 241. The van der Waals surface area contributed by atoms with Gasteiger partial charge in [-0.3, -0.25) is 4.79 Å². The second-order valence-electron chi connectivity index (χ2n) is 5.73. The van der Waals surface area contributed by atoms with E-state index in [2.05, 4.69) is 16.8 Å². The highest BCUT2D eigenvalue weighted by Crippen LogP contribution is 2.22. The van der Waals surface area contributed by atoms with Crippen LogP contribution in [-0.4, -0.2) is 48.9 Å². The van der Waals surface area contributed by atoms with E-state index in [9.17, 15) is 4.79 Å². The number of amides is 1. The zero-order valence-electron chi connectivity index (χ0n) is 11.2. The summed E-state index contributed by atoms with van der Waals surface area (Å²) < 4.78 is 0. The topological polar surface area (TPSA) is 23.6 Å². The number of carbonyl (C=O) groups excluding carboxylic acids is 1. The molecule has 0 aromatic rings. The van der Waals surface area contributed by atoms with Crippen molar-refractivity contribution >= 4 is 5.91 Å². The first kappa shape index (κ1) is 12.9. The average molecular weight is 238 g/mol. The van der Waals surface area contributed by atoms with E-state index in [1.807, 2.05) is 0 Å². The molecule has 0 aliphatic carbocycles. The lowest BCUT2D eigenvalue weighted by Crippen LogP contribution is -2.36. The summed E-state index contributed by atoms with van der Waals surface area (Å²) in [5.74, 6) is 1.20. The van der Waals surface area contributed by atoms with Crippen LogP contribution < -0.4 is 0 Å². The van der Waals surface area contributed by atoms with E-state index in [-0.39, 0.29) is 0 Å². The van der Waals surface area contributed by atoms with Gasteiger partial charge in [0.25, 0.3) is 0 Å². The molecule has 2 saturated heterocycles. The fraction of sp³-hybridized carbons (Fsp3) is 0.929. The van der Waals surface area contributed by atoms with E-state index in [1.165, 1.54) is 45.2 Å². The molecule has 0 radical (unpaired) electrons. The highest BCUT2D eigenvalue weighted by Gasteiger charge is 2.20. The van der Waals surface area contributed by atoms with Crippen molar-refractivity contribution in [2.24, 2.45) is 5.92 Å². The van der Waals surface area contributed by atoms with Crippen LogP contribution in [0.2, 0.25) is 0 Å². The molecular formula is C14H26N2O. The van der Waals surface area contributed by atoms with E-state index in [4.69, 9.17) is 0 Å². The van der Waals surface area contributed by atoms with Crippen molar-refractivity contribution in [1.82, 2.24) is 9.80 Å². The molecule has 3 heteroatoms. The van der Waals surface area contributed by atoms with Gasteiger partial charge >= 0.3 is 0 Å². The summed E-state index contributed by atoms with van der Waals surface area (Å²) in [4.78, 5) is 16.5. The second kappa shape index (κ2) is 6.39. The Labute approximate surface area is 105 Å². The summed E-state index contributed by atoms with van der Waals surface area (Å²) in [5, 5.41) is 0. The summed E-state index contributed by atoms with van der Waals surface area (Å²) in [6.45, 7) is 4.43. The average Bonchev–Trinajstić information content (AvgIpc) is 2.39. The Hall–Kier alpha value is -0.570. The van der Waals surface area contributed by atoms with Gasteiger partial charge in [0.05, 0.1) is 0 Å². The van der Waals surface area contributed by atoms with Crippen LogP contribution in [0, 0.1) is 5.92 Å². The number of hydrogen-bond acceptors (Lipinski definition) is 2. The first-order chi connectivity index (χ1) is 8.25. The van der Waals surface area contributed by atoms with Crippen molar-refractivity contribution in [3.8, 4) is 0 Å². The number of hydrogen-bond donors (Lipinski definition) is 0. The Kier molecular flexibility index (Phi) is 4.84. The third kappa shape index (κ3) is 3.98. The molecule has 3 nitrogen and oxygen atoms in total. The minimum absolute atomic E-state index is 0.406. The van der Waals surface area contributed by atoms with Gasteiger partial charge in [0.1, 0.15) is 0 Å². The molecule has 1 amide bonds. The van der Waals surface area contributed by atoms with Gasteiger partial charge in [0.2, 0.25) is 5.91 Å². The Morgan fingerprint density at radius 1 is 1.06 bits per heavy atom. The van der Waals surface area contributed by atoms with Crippen LogP contribution in [0.5, 0.6) is 0 Å². The van der Waals surface area contributed by atoms with Crippen LogP contribution in [-0.2, 0) is 4.79 Å².